The Morgan fingerprint density at radius 1 is 1.12 bits per heavy atom. The van der Waals surface area contributed by atoms with Crippen molar-refractivity contribution in [3.8, 4) is 0 Å². The van der Waals surface area contributed by atoms with Crippen LogP contribution in [0.4, 0.5) is 0 Å². The molecule has 0 radical (unpaired) electrons. The first-order valence-corrected chi connectivity index (χ1v) is 7.01. The van der Waals surface area contributed by atoms with Gasteiger partial charge >= 0.3 is 0 Å². The fourth-order valence-corrected chi connectivity index (χ4v) is 3.47. The highest BCUT2D eigenvalue weighted by Gasteiger charge is 2.33. The van der Waals surface area contributed by atoms with Gasteiger partial charge in [0.2, 0.25) is 0 Å². The summed E-state index contributed by atoms with van der Waals surface area (Å²) in [6.45, 7) is 9.36. The maximum absolute atomic E-state index is 4.99. The van der Waals surface area contributed by atoms with Gasteiger partial charge in [-0.3, -0.25) is 4.98 Å². The lowest BCUT2D eigenvalue weighted by Crippen LogP contribution is -2.18. The number of pyridine rings is 1. The number of fused-ring (bicyclic) bond motifs is 1. The van der Waals surface area contributed by atoms with Crippen molar-refractivity contribution < 1.29 is 0 Å². The zero-order chi connectivity index (χ0) is 12.2. The summed E-state index contributed by atoms with van der Waals surface area (Å²) in [5.74, 6) is 0.780. The average Bonchev–Trinajstić information content (AvgIpc) is 2.95. The van der Waals surface area contributed by atoms with Crippen molar-refractivity contribution in [3.63, 3.8) is 0 Å². The maximum Gasteiger partial charge on any atom is 0.0470 e. The van der Waals surface area contributed by atoms with Gasteiger partial charge in [0, 0.05) is 17.3 Å². The second-order valence-corrected chi connectivity index (χ2v) is 6.80. The van der Waals surface area contributed by atoms with E-state index >= 15 is 0 Å². The van der Waals surface area contributed by atoms with Crippen LogP contribution in [0.25, 0.3) is 0 Å². The summed E-state index contributed by atoms with van der Waals surface area (Å²) >= 11 is 0. The topological polar surface area (TPSA) is 12.9 Å². The van der Waals surface area contributed by atoms with Gasteiger partial charge in [0.1, 0.15) is 0 Å². The fraction of sp³-hybridized carbons (Fsp3) is 0.688. The van der Waals surface area contributed by atoms with Gasteiger partial charge in [0.05, 0.1) is 0 Å². The van der Waals surface area contributed by atoms with Crippen molar-refractivity contribution in [2.75, 3.05) is 0 Å². The molecule has 0 saturated heterocycles. The molecular formula is C16H23N. The first-order valence-electron chi connectivity index (χ1n) is 7.01. The third-order valence-corrected chi connectivity index (χ3v) is 4.22. The summed E-state index contributed by atoms with van der Waals surface area (Å²) in [5, 5.41) is 0. The first-order chi connectivity index (χ1) is 7.98. The van der Waals surface area contributed by atoms with Crippen molar-refractivity contribution in [2.45, 2.75) is 71.1 Å². The Kier molecular flexibility index (Phi) is 2.36. The quantitative estimate of drug-likeness (QED) is 0.708. The molecule has 0 unspecified atom stereocenters. The van der Waals surface area contributed by atoms with Crippen LogP contribution >= 0.6 is 0 Å². The van der Waals surface area contributed by atoms with Crippen LogP contribution in [0.1, 0.15) is 74.0 Å². The zero-order valence-electron chi connectivity index (χ0n) is 11.6. The lowest BCUT2D eigenvalue weighted by Gasteiger charge is -2.26. The van der Waals surface area contributed by atoms with Crippen LogP contribution in [0, 0.1) is 6.92 Å². The molecule has 1 fully saturated rings. The molecule has 17 heavy (non-hydrogen) atoms. The van der Waals surface area contributed by atoms with Gasteiger partial charge in [-0.15, -0.1) is 0 Å². The van der Waals surface area contributed by atoms with E-state index in [2.05, 4.69) is 27.7 Å². The lowest BCUT2D eigenvalue weighted by molar-refractivity contribution is 0.576. The number of aryl methyl sites for hydroxylation is 1. The smallest absolute Gasteiger partial charge is 0.0470 e. The number of aromatic nitrogens is 1. The van der Waals surface area contributed by atoms with E-state index in [9.17, 15) is 0 Å². The third kappa shape index (κ3) is 1.80. The summed E-state index contributed by atoms with van der Waals surface area (Å²) in [5.41, 5.74) is 7.81. The zero-order valence-corrected chi connectivity index (χ0v) is 11.6. The largest absolute Gasteiger partial charge is 0.257 e. The third-order valence-electron chi connectivity index (χ3n) is 4.22. The highest BCUT2D eigenvalue weighted by atomic mass is 14.8. The number of hydrogen-bond acceptors (Lipinski definition) is 1. The Morgan fingerprint density at radius 2 is 1.82 bits per heavy atom. The Bertz CT molecular complexity index is 461. The predicted octanol–water partition coefficient (Wildman–Crippen LogP) is 4.05. The molecule has 1 heterocycles. The van der Waals surface area contributed by atoms with E-state index in [0.29, 0.717) is 0 Å². The molecule has 0 aromatic carbocycles. The van der Waals surface area contributed by atoms with Gasteiger partial charge in [0.15, 0.2) is 0 Å². The van der Waals surface area contributed by atoms with E-state index < -0.39 is 0 Å². The van der Waals surface area contributed by atoms with Crippen LogP contribution in [0.5, 0.6) is 0 Å². The van der Waals surface area contributed by atoms with Crippen molar-refractivity contribution in [3.05, 3.63) is 28.1 Å². The monoisotopic (exact) mass is 229 g/mol. The van der Waals surface area contributed by atoms with Crippen LogP contribution in [0.3, 0.4) is 0 Å². The van der Waals surface area contributed by atoms with Gasteiger partial charge in [-0.2, -0.15) is 0 Å². The first kappa shape index (κ1) is 11.3. The molecule has 0 N–H and O–H groups in total. The van der Waals surface area contributed by atoms with Crippen LogP contribution < -0.4 is 0 Å². The molecule has 1 saturated carbocycles. The minimum Gasteiger partial charge on any atom is -0.257 e. The SMILES string of the molecule is Cc1c(C2CC2)nc2c(c1C(C)(C)C)CCC2. The highest BCUT2D eigenvalue weighted by molar-refractivity contribution is 5.47. The summed E-state index contributed by atoms with van der Waals surface area (Å²) in [6.07, 6.45) is 6.48. The summed E-state index contributed by atoms with van der Waals surface area (Å²) < 4.78 is 0. The molecule has 0 bridgehead atoms. The second kappa shape index (κ2) is 3.57. The second-order valence-electron chi connectivity index (χ2n) is 6.80. The van der Waals surface area contributed by atoms with E-state index in [1.54, 1.807) is 11.1 Å². The summed E-state index contributed by atoms with van der Waals surface area (Å²) in [6, 6.07) is 0. The predicted molar refractivity (Wildman–Crippen MR) is 71.7 cm³/mol. The van der Waals surface area contributed by atoms with Crippen molar-refractivity contribution in [2.24, 2.45) is 0 Å². The standard InChI is InChI=1S/C16H23N/c1-10-14(16(2,3)4)12-6-5-7-13(12)17-15(10)11-8-9-11/h11H,5-9H2,1-4H3. The molecule has 0 aliphatic heterocycles. The van der Waals surface area contributed by atoms with E-state index in [-0.39, 0.29) is 5.41 Å². The lowest BCUT2D eigenvalue weighted by atomic mass is 9.80. The van der Waals surface area contributed by atoms with Gasteiger partial charge in [-0.1, -0.05) is 20.8 Å². The molecule has 1 aromatic rings. The summed E-state index contributed by atoms with van der Waals surface area (Å²) in [4.78, 5) is 4.99. The normalized spacial score (nSPS) is 19.5. The van der Waals surface area contributed by atoms with Crippen molar-refractivity contribution in [1.29, 1.82) is 0 Å². The molecule has 2 aliphatic rings. The fourth-order valence-electron chi connectivity index (χ4n) is 3.47. The van der Waals surface area contributed by atoms with Crippen LogP contribution in [0.2, 0.25) is 0 Å². The molecule has 0 amide bonds. The summed E-state index contributed by atoms with van der Waals surface area (Å²) in [7, 11) is 0. The molecule has 2 aliphatic carbocycles. The van der Waals surface area contributed by atoms with Gasteiger partial charge < -0.3 is 0 Å². The number of rotatable bonds is 1. The minimum absolute atomic E-state index is 0.269. The van der Waals surface area contributed by atoms with Crippen LogP contribution in [-0.4, -0.2) is 4.98 Å². The van der Waals surface area contributed by atoms with Gasteiger partial charge in [-0.05, 0) is 61.1 Å². The van der Waals surface area contributed by atoms with Crippen molar-refractivity contribution >= 4 is 0 Å². The molecule has 0 atom stereocenters. The highest BCUT2D eigenvalue weighted by Crippen LogP contribution is 2.45. The Labute approximate surface area is 105 Å². The molecule has 1 aromatic heterocycles. The van der Waals surface area contributed by atoms with E-state index in [1.165, 1.54) is 49.1 Å². The maximum atomic E-state index is 4.99. The van der Waals surface area contributed by atoms with Gasteiger partial charge in [-0.25, -0.2) is 0 Å². The molecule has 0 spiro atoms. The van der Waals surface area contributed by atoms with Gasteiger partial charge in [0.25, 0.3) is 0 Å². The minimum atomic E-state index is 0.269. The average molecular weight is 229 g/mol. The molecule has 1 heteroatoms. The number of hydrogen-bond donors (Lipinski definition) is 0. The van der Waals surface area contributed by atoms with E-state index in [4.69, 9.17) is 4.98 Å². The van der Waals surface area contributed by atoms with Crippen LogP contribution in [-0.2, 0) is 18.3 Å². The van der Waals surface area contributed by atoms with Crippen LogP contribution in [0.15, 0.2) is 0 Å². The Morgan fingerprint density at radius 3 is 2.41 bits per heavy atom. The van der Waals surface area contributed by atoms with E-state index in [0.717, 1.165) is 5.92 Å². The molecule has 3 rings (SSSR count). The Balaban J connectivity index is 2.23. The molecule has 92 valence electrons. The van der Waals surface area contributed by atoms with E-state index in [1.807, 2.05) is 0 Å². The number of nitrogens with zero attached hydrogens (tertiary/aromatic N) is 1. The Hall–Kier alpha value is -0.850. The molecular weight excluding hydrogens is 206 g/mol. The van der Waals surface area contributed by atoms with Crippen molar-refractivity contribution in [1.82, 2.24) is 4.98 Å². The molecule has 1 nitrogen and oxygen atoms in total.